The van der Waals surface area contributed by atoms with Gasteiger partial charge in [-0.25, -0.2) is 10.0 Å². The summed E-state index contributed by atoms with van der Waals surface area (Å²) in [7, 11) is 0. The smallest absolute Gasteiger partial charge is 0.295 e. The molecule has 5 nitrogen and oxygen atoms in total. The highest BCUT2D eigenvalue weighted by atomic mass is 35.5. The average Bonchev–Trinajstić information content (AvgIpc) is 3.21. The molecule has 0 saturated heterocycles. The van der Waals surface area contributed by atoms with E-state index < -0.39 is 11.7 Å². The Bertz CT molecular complexity index is 919. The summed E-state index contributed by atoms with van der Waals surface area (Å²) in [5, 5.41) is 12.4. The first-order valence-corrected chi connectivity index (χ1v) is 11.2. The number of rotatable bonds is 6. The standard InChI is InChI=1S/C19H19ClF3N5S2/c20-15-6-4-13(5-7-15)17-8-10-28(26-17)18(25-9-11-29-24)27-30-16-3-1-2-14(12-16)19(21,22)23/h1-7,12H,8-11,24H2,(H,25,27). The third-order valence-electron chi connectivity index (χ3n) is 4.12. The van der Waals surface area contributed by atoms with E-state index in [1.165, 1.54) is 18.0 Å². The van der Waals surface area contributed by atoms with E-state index in [0.717, 1.165) is 35.4 Å². The van der Waals surface area contributed by atoms with Crippen LogP contribution in [0.2, 0.25) is 5.02 Å². The Morgan fingerprint density at radius 2 is 2.00 bits per heavy atom. The van der Waals surface area contributed by atoms with Crippen molar-refractivity contribution in [2.75, 3.05) is 18.8 Å². The molecule has 3 N–H and O–H groups in total. The zero-order chi connectivity index (χ0) is 21.6. The summed E-state index contributed by atoms with van der Waals surface area (Å²) >= 11 is 8.17. The first-order valence-electron chi connectivity index (χ1n) is 8.94. The van der Waals surface area contributed by atoms with Gasteiger partial charge in [-0.05, 0) is 47.8 Å². The quantitative estimate of drug-likeness (QED) is 0.266. The predicted octanol–water partition coefficient (Wildman–Crippen LogP) is 5.03. The zero-order valence-corrected chi connectivity index (χ0v) is 18.1. The highest BCUT2D eigenvalue weighted by Gasteiger charge is 2.30. The maximum Gasteiger partial charge on any atom is 0.416 e. The van der Waals surface area contributed by atoms with Crippen molar-refractivity contribution in [3.63, 3.8) is 0 Å². The van der Waals surface area contributed by atoms with E-state index >= 15 is 0 Å². The van der Waals surface area contributed by atoms with Gasteiger partial charge in [0.25, 0.3) is 0 Å². The van der Waals surface area contributed by atoms with E-state index in [9.17, 15) is 13.2 Å². The lowest BCUT2D eigenvalue weighted by atomic mass is 10.1. The number of nitrogens with zero attached hydrogens (tertiary/aromatic N) is 3. The highest BCUT2D eigenvalue weighted by Crippen LogP contribution is 2.31. The predicted molar refractivity (Wildman–Crippen MR) is 119 cm³/mol. The van der Waals surface area contributed by atoms with Gasteiger partial charge in [0.15, 0.2) is 0 Å². The van der Waals surface area contributed by atoms with Crippen molar-refractivity contribution in [3.05, 3.63) is 64.7 Å². The number of hydrazone groups is 1. The Hall–Kier alpha value is -1.88. The molecule has 0 aromatic heterocycles. The van der Waals surface area contributed by atoms with Crippen molar-refractivity contribution in [1.82, 2.24) is 9.73 Å². The molecule has 0 aliphatic carbocycles. The Morgan fingerprint density at radius 3 is 2.70 bits per heavy atom. The van der Waals surface area contributed by atoms with Gasteiger partial charge >= 0.3 is 6.18 Å². The summed E-state index contributed by atoms with van der Waals surface area (Å²) in [6, 6.07) is 12.5. The number of alkyl halides is 3. The maximum atomic E-state index is 12.9. The fraction of sp³-hybridized carbons (Fsp3) is 0.263. The fourth-order valence-electron chi connectivity index (χ4n) is 2.67. The summed E-state index contributed by atoms with van der Waals surface area (Å²) in [5.41, 5.74) is 1.15. The van der Waals surface area contributed by atoms with Gasteiger partial charge in [0.2, 0.25) is 5.96 Å². The lowest BCUT2D eigenvalue weighted by Gasteiger charge is -2.18. The number of hydrogen-bond acceptors (Lipinski definition) is 5. The van der Waals surface area contributed by atoms with Crippen molar-refractivity contribution in [2.45, 2.75) is 17.5 Å². The SMILES string of the molecule is NSCCN=C(NSc1cccc(C(F)(F)F)c1)N1CCC(c2ccc(Cl)cc2)=N1. The summed E-state index contributed by atoms with van der Waals surface area (Å²) in [6.07, 6.45) is -3.68. The molecule has 0 atom stereocenters. The molecule has 0 amide bonds. The molecule has 1 aliphatic heterocycles. The van der Waals surface area contributed by atoms with E-state index in [-0.39, 0.29) is 0 Å². The minimum absolute atomic E-state index is 0.423. The highest BCUT2D eigenvalue weighted by molar-refractivity contribution is 7.98. The molecule has 0 bridgehead atoms. The van der Waals surface area contributed by atoms with Crippen LogP contribution < -0.4 is 9.86 Å². The number of benzene rings is 2. The molecule has 0 spiro atoms. The lowest BCUT2D eigenvalue weighted by molar-refractivity contribution is -0.137. The van der Waals surface area contributed by atoms with Crippen LogP contribution in [0.4, 0.5) is 13.2 Å². The molecule has 0 radical (unpaired) electrons. The maximum absolute atomic E-state index is 12.9. The first kappa shape index (κ1) is 22.8. The number of aliphatic imine (C=N–C) groups is 1. The van der Waals surface area contributed by atoms with Gasteiger partial charge in [-0.2, -0.15) is 18.3 Å². The van der Waals surface area contributed by atoms with Crippen LogP contribution in [0.3, 0.4) is 0 Å². The molecule has 2 aromatic rings. The van der Waals surface area contributed by atoms with Crippen LogP contribution in [-0.2, 0) is 6.18 Å². The van der Waals surface area contributed by atoms with Gasteiger partial charge in [-0.1, -0.05) is 41.7 Å². The van der Waals surface area contributed by atoms with Crippen molar-refractivity contribution in [1.29, 1.82) is 0 Å². The topological polar surface area (TPSA) is 66.0 Å². The molecule has 0 unspecified atom stereocenters. The molecule has 160 valence electrons. The van der Waals surface area contributed by atoms with Crippen molar-refractivity contribution < 1.29 is 13.2 Å². The Morgan fingerprint density at radius 1 is 1.23 bits per heavy atom. The molecule has 1 aliphatic rings. The summed E-state index contributed by atoms with van der Waals surface area (Å²) in [4.78, 5) is 4.91. The zero-order valence-electron chi connectivity index (χ0n) is 15.7. The van der Waals surface area contributed by atoms with Crippen molar-refractivity contribution in [3.8, 4) is 0 Å². The molecular formula is C19H19ClF3N5S2. The third kappa shape index (κ3) is 6.31. The fourth-order valence-corrected chi connectivity index (χ4v) is 3.70. The van der Waals surface area contributed by atoms with Gasteiger partial charge < -0.3 is 0 Å². The van der Waals surface area contributed by atoms with Gasteiger partial charge in [0.05, 0.1) is 24.4 Å². The van der Waals surface area contributed by atoms with Gasteiger partial charge in [-0.15, -0.1) is 0 Å². The molecule has 30 heavy (non-hydrogen) atoms. The summed E-state index contributed by atoms with van der Waals surface area (Å²) < 4.78 is 41.9. The second kappa shape index (κ2) is 10.4. The van der Waals surface area contributed by atoms with Crippen LogP contribution in [0.15, 0.2) is 63.5 Å². The van der Waals surface area contributed by atoms with Crippen LogP contribution in [0.1, 0.15) is 17.5 Å². The van der Waals surface area contributed by atoms with Gasteiger partial charge in [0.1, 0.15) is 0 Å². The molecule has 0 fully saturated rings. The van der Waals surface area contributed by atoms with Crippen LogP contribution in [-0.4, -0.2) is 35.5 Å². The molecule has 1 heterocycles. The van der Waals surface area contributed by atoms with Gasteiger partial charge in [-0.3, -0.25) is 9.86 Å². The molecule has 0 saturated carbocycles. The summed E-state index contributed by atoms with van der Waals surface area (Å²) in [5.74, 6) is 1.08. The van der Waals surface area contributed by atoms with E-state index in [2.05, 4.69) is 14.8 Å². The van der Waals surface area contributed by atoms with Gasteiger partial charge in [0, 0.05) is 22.1 Å². The monoisotopic (exact) mass is 473 g/mol. The van der Waals surface area contributed by atoms with E-state index in [4.69, 9.17) is 16.7 Å². The summed E-state index contributed by atoms with van der Waals surface area (Å²) in [6.45, 7) is 1.05. The van der Waals surface area contributed by atoms with E-state index in [1.54, 1.807) is 23.2 Å². The van der Waals surface area contributed by atoms with Crippen molar-refractivity contribution in [2.24, 2.45) is 15.2 Å². The Kier molecular flexibility index (Phi) is 7.93. The lowest BCUT2D eigenvalue weighted by Crippen LogP contribution is -2.33. The number of guanidine groups is 1. The normalized spacial score (nSPS) is 14.8. The largest absolute Gasteiger partial charge is 0.416 e. The van der Waals surface area contributed by atoms with Crippen LogP contribution >= 0.6 is 35.5 Å². The van der Waals surface area contributed by atoms with E-state index in [1.807, 2.05) is 12.1 Å². The van der Waals surface area contributed by atoms with Crippen molar-refractivity contribution >= 4 is 47.2 Å². The van der Waals surface area contributed by atoms with E-state index in [0.29, 0.717) is 41.1 Å². The molecule has 3 rings (SSSR count). The first-order chi connectivity index (χ1) is 14.4. The van der Waals surface area contributed by atoms with Crippen LogP contribution in [0.25, 0.3) is 0 Å². The molecule has 2 aromatic carbocycles. The number of halogens is 4. The second-order valence-corrected chi connectivity index (χ2v) is 8.29. The Labute approximate surface area is 186 Å². The Balaban J connectivity index is 1.74. The average molecular weight is 474 g/mol. The molecule has 11 heteroatoms. The number of nitrogens with one attached hydrogen (secondary N) is 1. The minimum Gasteiger partial charge on any atom is -0.295 e. The van der Waals surface area contributed by atoms with Crippen LogP contribution in [0, 0.1) is 0 Å². The molecular weight excluding hydrogens is 455 g/mol. The number of nitrogens with two attached hydrogens (primary N) is 1. The minimum atomic E-state index is -4.39. The second-order valence-electron chi connectivity index (χ2n) is 6.23. The third-order valence-corrected chi connectivity index (χ3v) is 5.56. The number of hydrogen-bond donors (Lipinski definition) is 2. The van der Waals surface area contributed by atoms with Crippen LogP contribution in [0.5, 0.6) is 0 Å².